The van der Waals surface area contributed by atoms with Crippen LogP contribution in [0.5, 0.6) is 0 Å². The highest BCUT2D eigenvalue weighted by Gasteiger charge is 2.14. The Morgan fingerprint density at radius 1 is 1.58 bits per heavy atom. The molecule has 0 amide bonds. The number of aromatic nitrogens is 2. The molecule has 0 aliphatic heterocycles. The van der Waals surface area contributed by atoms with Gasteiger partial charge in [-0.2, -0.15) is 5.10 Å². The zero-order valence-electron chi connectivity index (χ0n) is 6.98. The van der Waals surface area contributed by atoms with E-state index in [2.05, 4.69) is 14.7 Å². The lowest BCUT2D eigenvalue weighted by Gasteiger charge is -2.01. The first-order valence-electron chi connectivity index (χ1n) is 3.52. The molecule has 0 aliphatic carbocycles. The third-order valence-corrected chi connectivity index (χ3v) is 2.20. The molecule has 0 aromatic carbocycles. The van der Waals surface area contributed by atoms with Crippen LogP contribution in [-0.4, -0.2) is 15.4 Å². The van der Waals surface area contributed by atoms with Crippen molar-refractivity contribution in [2.24, 2.45) is 16.7 Å². The van der Waals surface area contributed by atoms with Crippen LogP contribution in [0.3, 0.4) is 0 Å². The van der Waals surface area contributed by atoms with Gasteiger partial charge in [-0.25, -0.2) is 0 Å². The van der Waals surface area contributed by atoms with Crippen LogP contribution in [-0.2, 0) is 0 Å². The summed E-state index contributed by atoms with van der Waals surface area (Å²) in [5.41, 5.74) is 6.39. The van der Waals surface area contributed by atoms with Gasteiger partial charge in [-0.05, 0) is 17.5 Å². The SMILES string of the molecule is CC(C)c1nnsc1/C(N)=N/N. The van der Waals surface area contributed by atoms with Crippen molar-refractivity contribution in [3.05, 3.63) is 10.6 Å². The number of rotatable bonds is 2. The minimum Gasteiger partial charge on any atom is -0.381 e. The Morgan fingerprint density at radius 3 is 2.75 bits per heavy atom. The fraction of sp³-hybridized carbons (Fsp3) is 0.500. The third kappa shape index (κ3) is 1.53. The largest absolute Gasteiger partial charge is 0.381 e. The van der Waals surface area contributed by atoms with Crippen LogP contribution in [0.2, 0.25) is 0 Å². The molecule has 0 spiro atoms. The van der Waals surface area contributed by atoms with Gasteiger partial charge in [-0.15, -0.1) is 5.10 Å². The second-order valence-electron chi connectivity index (χ2n) is 2.66. The quantitative estimate of drug-likeness (QED) is 0.299. The minimum absolute atomic E-state index is 0.291. The molecule has 1 rings (SSSR count). The first-order chi connectivity index (χ1) is 5.66. The number of amidine groups is 1. The monoisotopic (exact) mass is 185 g/mol. The van der Waals surface area contributed by atoms with Gasteiger partial charge in [-0.3, -0.25) is 0 Å². The smallest absolute Gasteiger partial charge is 0.163 e. The van der Waals surface area contributed by atoms with Crippen molar-refractivity contribution in [3.8, 4) is 0 Å². The average Bonchev–Trinajstić information content (AvgIpc) is 2.50. The summed E-state index contributed by atoms with van der Waals surface area (Å²) in [6.07, 6.45) is 0. The molecule has 0 aliphatic rings. The van der Waals surface area contributed by atoms with E-state index in [9.17, 15) is 0 Å². The van der Waals surface area contributed by atoms with E-state index in [0.717, 1.165) is 10.6 Å². The van der Waals surface area contributed by atoms with Gasteiger partial charge in [0.25, 0.3) is 0 Å². The lowest BCUT2D eigenvalue weighted by atomic mass is 10.1. The molecule has 4 N–H and O–H groups in total. The van der Waals surface area contributed by atoms with Crippen molar-refractivity contribution >= 4 is 17.4 Å². The van der Waals surface area contributed by atoms with Crippen LogP contribution in [0.15, 0.2) is 5.10 Å². The van der Waals surface area contributed by atoms with Crippen molar-refractivity contribution in [1.82, 2.24) is 9.59 Å². The van der Waals surface area contributed by atoms with Gasteiger partial charge in [0.1, 0.15) is 4.88 Å². The molecule has 0 saturated carbocycles. The van der Waals surface area contributed by atoms with Gasteiger partial charge in [-0.1, -0.05) is 18.3 Å². The molecule has 5 nitrogen and oxygen atoms in total. The molecule has 0 radical (unpaired) electrons. The van der Waals surface area contributed by atoms with Crippen molar-refractivity contribution in [1.29, 1.82) is 0 Å². The predicted molar refractivity (Wildman–Crippen MR) is 48.9 cm³/mol. The van der Waals surface area contributed by atoms with Gasteiger partial charge in [0.15, 0.2) is 5.84 Å². The topological polar surface area (TPSA) is 90.2 Å². The Bertz CT molecular complexity index is 290. The molecule has 0 fully saturated rings. The molecular formula is C6H11N5S. The summed E-state index contributed by atoms with van der Waals surface area (Å²) in [7, 11) is 0. The maximum Gasteiger partial charge on any atom is 0.163 e. The van der Waals surface area contributed by atoms with Gasteiger partial charge in [0, 0.05) is 0 Å². The summed E-state index contributed by atoms with van der Waals surface area (Å²) in [5.74, 6) is 5.64. The number of nitrogens with zero attached hydrogens (tertiary/aromatic N) is 3. The van der Waals surface area contributed by atoms with E-state index in [1.165, 1.54) is 11.5 Å². The summed E-state index contributed by atoms with van der Waals surface area (Å²) < 4.78 is 3.79. The Labute approximate surface area is 74.6 Å². The summed E-state index contributed by atoms with van der Waals surface area (Å²) in [6, 6.07) is 0. The number of hydrogen-bond donors (Lipinski definition) is 2. The molecule has 0 saturated heterocycles. The van der Waals surface area contributed by atoms with E-state index in [1.54, 1.807) is 0 Å². The molecule has 66 valence electrons. The van der Waals surface area contributed by atoms with E-state index in [-0.39, 0.29) is 0 Å². The molecular weight excluding hydrogens is 174 g/mol. The Hall–Kier alpha value is -1.17. The van der Waals surface area contributed by atoms with Gasteiger partial charge < -0.3 is 11.6 Å². The summed E-state index contributed by atoms with van der Waals surface area (Å²) in [5, 5.41) is 7.34. The number of nitrogens with two attached hydrogens (primary N) is 2. The Balaban J connectivity index is 3.07. The van der Waals surface area contributed by atoms with Crippen LogP contribution in [0.4, 0.5) is 0 Å². The van der Waals surface area contributed by atoms with Crippen molar-refractivity contribution in [2.45, 2.75) is 19.8 Å². The van der Waals surface area contributed by atoms with E-state index >= 15 is 0 Å². The highest BCUT2D eigenvalue weighted by Crippen LogP contribution is 2.18. The predicted octanol–water partition coefficient (Wildman–Crippen LogP) is 0.241. The van der Waals surface area contributed by atoms with E-state index < -0.39 is 0 Å². The van der Waals surface area contributed by atoms with Crippen molar-refractivity contribution in [3.63, 3.8) is 0 Å². The average molecular weight is 185 g/mol. The zero-order chi connectivity index (χ0) is 9.14. The molecule has 0 unspecified atom stereocenters. The zero-order valence-corrected chi connectivity index (χ0v) is 7.80. The third-order valence-electron chi connectivity index (χ3n) is 1.43. The lowest BCUT2D eigenvalue weighted by Crippen LogP contribution is -2.16. The molecule has 12 heavy (non-hydrogen) atoms. The Morgan fingerprint density at radius 2 is 2.25 bits per heavy atom. The first kappa shape index (κ1) is 8.92. The van der Waals surface area contributed by atoms with Crippen LogP contribution in [0.1, 0.15) is 30.3 Å². The molecule has 1 aromatic heterocycles. The highest BCUT2D eigenvalue weighted by atomic mass is 32.1. The number of hydrogen-bond acceptors (Lipinski definition) is 5. The molecule has 1 aromatic rings. The van der Waals surface area contributed by atoms with Gasteiger partial charge >= 0.3 is 0 Å². The summed E-state index contributed by atoms with van der Waals surface area (Å²) in [4.78, 5) is 0.771. The minimum atomic E-state index is 0.291. The first-order valence-corrected chi connectivity index (χ1v) is 4.30. The molecule has 6 heteroatoms. The van der Waals surface area contributed by atoms with E-state index in [0.29, 0.717) is 11.8 Å². The van der Waals surface area contributed by atoms with Gasteiger partial charge in [0.2, 0.25) is 0 Å². The fourth-order valence-electron chi connectivity index (χ4n) is 0.812. The number of hydrazone groups is 1. The van der Waals surface area contributed by atoms with Crippen LogP contribution in [0.25, 0.3) is 0 Å². The maximum absolute atomic E-state index is 5.53. The second-order valence-corrected chi connectivity index (χ2v) is 3.41. The highest BCUT2D eigenvalue weighted by molar-refractivity contribution is 7.08. The normalized spacial score (nSPS) is 12.4. The molecule has 0 atom stereocenters. The van der Waals surface area contributed by atoms with Crippen molar-refractivity contribution in [2.75, 3.05) is 0 Å². The Kier molecular flexibility index (Phi) is 2.59. The standard InChI is InChI=1S/C6H11N5S/c1-3(2)4-5(6(7)9-8)12-11-10-4/h3H,8H2,1-2H3,(H2,7,9). The van der Waals surface area contributed by atoms with E-state index in [1.807, 2.05) is 13.8 Å². The fourth-order valence-corrected chi connectivity index (χ4v) is 1.54. The van der Waals surface area contributed by atoms with E-state index in [4.69, 9.17) is 11.6 Å². The lowest BCUT2D eigenvalue weighted by molar-refractivity contribution is 0.809. The second kappa shape index (κ2) is 3.48. The summed E-state index contributed by atoms with van der Waals surface area (Å²) >= 11 is 1.21. The molecule has 0 bridgehead atoms. The van der Waals surface area contributed by atoms with Crippen LogP contribution in [0, 0.1) is 0 Å². The van der Waals surface area contributed by atoms with Gasteiger partial charge in [0.05, 0.1) is 5.69 Å². The summed E-state index contributed by atoms with van der Waals surface area (Å²) in [6.45, 7) is 4.04. The van der Waals surface area contributed by atoms with Crippen LogP contribution < -0.4 is 11.6 Å². The maximum atomic E-state index is 5.53. The van der Waals surface area contributed by atoms with Crippen molar-refractivity contribution < 1.29 is 0 Å². The molecule has 1 heterocycles. The van der Waals surface area contributed by atoms with Crippen LogP contribution >= 0.6 is 11.5 Å².